The van der Waals surface area contributed by atoms with Crippen molar-refractivity contribution in [3.05, 3.63) is 28.8 Å². The first-order chi connectivity index (χ1) is 11.4. The zero-order valence-corrected chi connectivity index (χ0v) is 15.9. The molecule has 5 nitrogen and oxygen atoms in total. The molecule has 0 saturated carbocycles. The highest BCUT2D eigenvalue weighted by Crippen LogP contribution is 2.29. The van der Waals surface area contributed by atoms with Crippen LogP contribution >= 0.6 is 11.6 Å². The fraction of sp³-hybridized carbons (Fsp3) is 0.588. The van der Waals surface area contributed by atoms with Crippen LogP contribution in [0.25, 0.3) is 0 Å². The Bertz CT molecular complexity index is 685. The van der Waals surface area contributed by atoms with E-state index in [0.29, 0.717) is 42.3 Å². The Balaban J connectivity index is 2.27. The van der Waals surface area contributed by atoms with Crippen LogP contribution in [-0.4, -0.2) is 44.6 Å². The number of halogens is 1. The van der Waals surface area contributed by atoms with Gasteiger partial charge in [0, 0.05) is 19.6 Å². The van der Waals surface area contributed by atoms with Crippen LogP contribution in [0.5, 0.6) is 0 Å². The average molecular weight is 373 g/mol. The highest BCUT2D eigenvalue weighted by atomic mass is 35.5. The minimum atomic E-state index is -3.28. The van der Waals surface area contributed by atoms with E-state index in [0.717, 1.165) is 19.3 Å². The molecule has 0 atom stereocenters. The van der Waals surface area contributed by atoms with Gasteiger partial charge in [-0.1, -0.05) is 25.4 Å². The fourth-order valence-corrected chi connectivity index (χ4v) is 4.82. The van der Waals surface area contributed by atoms with Gasteiger partial charge >= 0.3 is 0 Å². The highest BCUT2D eigenvalue weighted by Gasteiger charge is 2.27. The third-order valence-electron chi connectivity index (χ3n) is 4.09. The topological polar surface area (TPSA) is 57.7 Å². The van der Waals surface area contributed by atoms with Crippen LogP contribution in [-0.2, 0) is 10.0 Å². The first-order valence-corrected chi connectivity index (χ1v) is 10.5. The molecule has 24 heavy (non-hydrogen) atoms. The summed E-state index contributed by atoms with van der Waals surface area (Å²) in [4.78, 5) is 14.5. The van der Waals surface area contributed by atoms with E-state index in [9.17, 15) is 13.2 Å². The summed E-state index contributed by atoms with van der Waals surface area (Å²) in [5, 5.41) is 0.301. The summed E-state index contributed by atoms with van der Waals surface area (Å²) < 4.78 is 25.8. The molecular weight excluding hydrogens is 348 g/mol. The molecule has 1 aromatic rings. The van der Waals surface area contributed by atoms with Gasteiger partial charge in [-0.15, -0.1) is 0 Å². The van der Waals surface area contributed by atoms with Crippen molar-refractivity contribution >= 4 is 33.2 Å². The van der Waals surface area contributed by atoms with Crippen LogP contribution in [0.2, 0.25) is 5.02 Å². The van der Waals surface area contributed by atoms with Crippen LogP contribution in [0.4, 0.5) is 5.69 Å². The fourth-order valence-electron chi connectivity index (χ4n) is 2.94. The molecule has 1 aromatic carbocycles. The van der Waals surface area contributed by atoms with Gasteiger partial charge in [-0.2, -0.15) is 0 Å². The lowest BCUT2D eigenvalue weighted by Crippen LogP contribution is -2.38. The van der Waals surface area contributed by atoms with E-state index in [4.69, 9.17) is 11.6 Å². The van der Waals surface area contributed by atoms with E-state index in [2.05, 4.69) is 0 Å². The van der Waals surface area contributed by atoms with Gasteiger partial charge < -0.3 is 4.90 Å². The molecule has 0 bridgehead atoms. The number of carbonyl (C=O) groups is 1. The molecule has 1 aliphatic rings. The Morgan fingerprint density at radius 2 is 1.88 bits per heavy atom. The smallest absolute Gasteiger partial charge is 0.255 e. The zero-order valence-electron chi connectivity index (χ0n) is 14.3. The number of carbonyl (C=O) groups excluding carboxylic acids is 1. The summed E-state index contributed by atoms with van der Waals surface area (Å²) in [6.45, 7) is 5.89. The van der Waals surface area contributed by atoms with Gasteiger partial charge in [0.2, 0.25) is 10.0 Å². The van der Waals surface area contributed by atoms with Crippen molar-refractivity contribution in [2.24, 2.45) is 0 Å². The highest BCUT2D eigenvalue weighted by molar-refractivity contribution is 7.92. The van der Waals surface area contributed by atoms with Crippen LogP contribution < -0.4 is 4.31 Å². The maximum atomic E-state index is 12.7. The molecule has 1 amide bonds. The Hall–Kier alpha value is -1.27. The molecule has 7 heteroatoms. The molecule has 0 aromatic heterocycles. The van der Waals surface area contributed by atoms with Gasteiger partial charge in [-0.25, -0.2) is 8.42 Å². The summed E-state index contributed by atoms with van der Waals surface area (Å²) in [5.41, 5.74) is 0.963. The number of benzene rings is 1. The van der Waals surface area contributed by atoms with E-state index < -0.39 is 10.0 Å². The van der Waals surface area contributed by atoms with Crippen LogP contribution in [0.3, 0.4) is 0 Å². The van der Waals surface area contributed by atoms with E-state index in [1.165, 1.54) is 4.31 Å². The van der Waals surface area contributed by atoms with Crippen LogP contribution in [0, 0.1) is 0 Å². The predicted octanol–water partition coefficient (Wildman–Crippen LogP) is 3.53. The predicted molar refractivity (Wildman–Crippen MR) is 98.3 cm³/mol. The van der Waals surface area contributed by atoms with Gasteiger partial charge in [0.25, 0.3) is 5.91 Å². The van der Waals surface area contributed by atoms with E-state index in [-0.39, 0.29) is 11.7 Å². The quantitative estimate of drug-likeness (QED) is 0.767. The summed E-state index contributed by atoms with van der Waals surface area (Å²) in [6.07, 6.45) is 3.28. The van der Waals surface area contributed by atoms with Crippen molar-refractivity contribution in [1.29, 1.82) is 0 Å². The molecular formula is C17H25ClN2O3S. The lowest BCUT2D eigenvalue weighted by atomic mass is 10.1. The van der Waals surface area contributed by atoms with Crippen LogP contribution in [0.1, 0.15) is 49.9 Å². The molecule has 2 rings (SSSR count). The lowest BCUT2D eigenvalue weighted by Gasteiger charge is -2.29. The van der Waals surface area contributed by atoms with Crippen molar-refractivity contribution in [3.8, 4) is 0 Å². The largest absolute Gasteiger partial charge is 0.339 e. The van der Waals surface area contributed by atoms with Crippen molar-refractivity contribution < 1.29 is 13.2 Å². The molecule has 134 valence electrons. The second-order valence-electron chi connectivity index (χ2n) is 6.05. The third-order valence-corrected chi connectivity index (χ3v) is 6.28. The molecule has 0 aliphatic carbocycles. The normalized spacial score (nSPS) is 16.9. The third kappa shape index (κ3) is 4.22. The summed E-state index contributed by atoms with van der Waals surface area (Å²) in [5.74, 6) is 0.0586. The Morgan fingerprint density at radius 3 is 2.42 bits per heavy atom. The summed E-state index contributed by atoms with van der Waals surface area (Å²) in [6, 6.07) is 4.91. The maximum absolute atomic E-state index is 12.7. The number of sulfonamides is 1. The van der Waals surface area contributed by atoms with Gasteiger partial charge in [0.15, 0.2) is 0 Å². The zero-order chi connectivity index (χ0) is 17.7. The number of rotatable bonds is 6. The molecule has 0 radical (unpaired) electrons. The molecule has 0 unspecified atom stereocenters. The Morgan fingerprint density at radius 1 is 1.21 bits per heavy atom. The molecule has 0 N–H and O–H groups in total. The summed E-state index contributed by atoms with van der Waals surface area (Å²) >= 11 is 6.31. The second-order valence-corrected chi connectivity index (χ2v) is 8.47. The molecule has 1 saturated heterocycles. The lowest BCUT2D eigenvalue weighted by molar-refractivity contribution is 0.0756. The first kappa shape index (κ1) is 19.1. The van der Waals surface area contributed by atoms with Gasteiger partial charge in [-0.05, 0) is 43.9 Å². The number of amides is 1. The monoisotopic (exact) mass is 372 g/mol. The van der Waals surface area contributed by atoms with E-state index >= 15 is 0 Å². The maximum Gasteiger partial charge on any atom is 0.255 e. The molecule has 0 spiro atoms. The number of nitrogens with zero attached hydrogens (tertiary/aromatic N) is 2. The van der Waals surface area contributed by atoms with Crippen LogP contribution in [0.15, 0.2) is 18.2 Å². The van der Waals surface area contributed by atoms with Crippen molar-refractivity contribution in [2.45, 2.75) is 39.5 Å². The molecule has 1 heterocycles. The average Bonchev–Trinajstić information content (AvgIpc) is 2.53. The van der Waals surface area contributed by atoms with Gasteiger partial charge in [0.05, 0.1) is 22.0 Å². The van der Waals surface area contributed by atoms with E-state index in [1.54, 1.807) is 23.1 Å². The molecule has 1 fully saturated rings. The van der Waals surface area contributed by atoms with Crippen molar-refractivity contribution in [2.75, 3.05) is 29.7 Å². The number of anilines is 1. The van der Waals surface area contributed by atoms with Gasteiger partial charge in [0.1, 0.15) is 0 Å². The van der Waals surface area contributed by atoms with E-state index in [1.807, 2.05) is 13.8 Å². The Kier molecular flexibility index (Phi) is 6.52. The van der Waals surface area contributed by atoms with Crippen molar-refractivity contribution in [1.82, 2.24) is 4.90 Å². The summed E-state index contributed by atoms with van der Waals surface area (Å²) in [7, 11) is -3.28. The van der Waals surface area contributed by atoms with Gasteiger partial charge in [-0.3, -0.25) is 9.10 Å². The molecule has 1 aliphatic heterocycles. The number of hydrogen-bond donors (Lipinski definition) is 0. The minimum Gasteiger partial charge on any atom is -0.339 e. The second kappa shape index (κ2) is 8.21. The standard InChI is InChI=1S/C17H25ClN2O3S/c1-3-9-19(10-4-2)17(21)15-8-7-14(13-16(15)18)20-11-5-6-12-24(20,22)23/h7-8,13H,3-6,9-12H2,1-2H3. The number of hydrogen-bond acceptors (Lipinski definition) is 3. The minimum absolute atomic E-state index is 0.100. The van der Waals surface area contributed by atoms with Crippen molar-refractivity contribution in [3.63, 3.8) is 0 Å². The SMILES string of the molecule is CCCN(CCC)C(=O)c1ccc(N2CCCCS2(=O)=O)cc1Cl. The Labute approximate surface area is 149 Å². The first-order valence-electron chi connectivity index (χ1n) is 8.50.